The van der Waals surface area contributed by atoms with Crippen molar-refractivity contribution in [2.45, 2.75) is 45.6 Å². The fourth-order valence-corrected chi connectivity index (χ4v) is 2.88. The molecule has 24 heavy (non-hydrogen) atoms. The fourth-order valence-electron chi connectivity index (χ4n) is 2.88. The highest BCUT2D eigenvalue weighted by Crippen LogP contribution is 2.16. The van der Waals surface area contributed by atoms with Crippen LogP contribution in [0, 0.1) is 0 Å². The molecule has 0 saturated carbocycles. The summed E-state index contributed by atoms with van der Waals surface area (Å²) < 4.78 is 11.2. The summed E-state index contributed by atoms with van der Waals surface area (Å²) >= 11 is 0. The summed E-state index contributed by atoms with van der Waals surface area (Å²) in [7, 11) is 0. The Morgan fingerprint density at radius 2 is 2.00 bits per heavy atom. The van der Waals surface area contributed by atoms with Crippen LogP contribution in [0.1, 0.15) is 49.9 Å². The molecule has 0 atom stereocenters. The van der Waals surface area contributed by atoms with Crippen molar-refractivity contribution in [3.8, 4) is 5.75 Å². The molecule has 132 valence electrons. The van der Waals surface area contributed by atoms with Crippen molar-refractivity contribution >= 4 is 11.7 Å². The zero-order chi connectivity index (χ0) is 17.4. The van der Waals surface area contributed by atoms with E-state index in [0.717, 1.165) is 32.5 Å². The first-order valence-electron chi connectivity index (χ1n) is 8.73. The maximum atomic E-state index is 12.2. The maximum absolute atomic E-state index is 12.2. The normalized spacial score (nSPS) is 15.3. The van der Waals surface area contributed by atoms with Crippen molar-refractivity contribution in [2.24, 2.45) is 0 Å². The second-order valence-electron chi connectivity index (χ2n) is 6.07. The minimum absolute atomic E-state index is 0.0195. The monoisotopic (exact) mass is 333 g/mol. The number of ketones is 1. The van der Waals surface area contributed by atoms with Crippen LogP contribution in [0.4, 0.5) is 0 Å². The molecule has 0 spiro atoms. The molecule has 0 radical (unpaired) electrons. The number of Topliss-reactive ketones (excluding diaryl/α,β-unsaturated/α-hetero) is 1. The quantitative estimate of drug-likeness (QED) is 0.542. The minimum Gasteiger partial charge on any atom is -0.494 e. The van der Waals surface area contributed by atoms with Crippen molar-refractivity contribution < 1.29 is 19.1 Å². The number of carbonyl (C=O) groups excluding carboxylic acids is 2. The Kier molecular flexibility index (Phi) is 7.25. The SMILES string of the molecule is CCOC1CCN(C(=O)CCCOc2cccc(C(C)=O)c2)CC1. The lowest BCUT2D eigenvalue weighted by Crippen LogP contribution is -2.40. The number of carbonyl (C=O) groups is 2. The molecule has 2 rings (SSSR count). The van der Waals surface area contributed by atoms with E-state index >= 15 is 0 Å². The lowest BCUT2D eigenvalue weighted by Gasteiger charge is -2.31. The molecule has 1 aliphatic heterocycles. The highest BCUT2D eigenvalue weighted by molar-refractivity contribution is 5.94. The molecule has 1 heterocycles. The van der Waals surface area contributed by atoms with Gasteiger partial charge in [0.2, 0.25) is 5.91 Å². The highest BCUT2D eigenvalue weighted by Gasteiger charge is 2.22. The van der Waals surface area contributed by atoms with Crippen LogP contribution in [0.3, 0.4) is 0 Å². The third-order valence-electron chi connectivity index (χ3n) is 4.24. The molecule has 1 aromatic carbocycles. The van der Waals surface area contributed by atoms with E-state index in [9.17, 15) is 9.59 Å². The zero-order valence-corrected chi connectivity index (χ0v) is 14.6. The zero-order valence-electron chi connectivity index (χ0n) is 14.6. The number of hydrogen-bond donors (Lipinski definition) is 0. The maximum Gasteiger partial charge on any atom is 0.222 e. The molecule has 1 fully saturated rings. The molecule has 0 aromatic heterocycles. The number of piperidine rings is 1. The van der Waals surface area contributed by atoms with Crippen LogP contribution >= 0.6 is 0 Å². The van der Waals surface area contributed by atoms with Gasteiger partial charge in [0.15, 0.2) is 5.78 Å². The lowest BCUT2D eigenvalue weighted by molar-refractivity contribution is -0.134. The number of ether oxygens (including phenoxy) is 2. The first-order chi connectivity index (χ1) is 11.6. The molecule has 1 aliphatic rings. The molecule has 5 heteroatoms. The molecule has 0 bridgehead atoms. The van der Waals surface area contributed by atoms with Crippen molar-refractivity contribution in [1.29, 1.82) is 0 Å². The average molecular weight is 333 g/mol. The van der Waals surface area contributed by atoms with E-state index in [1.54, 1.807) is 18.2 Å². The van der Waals surface area contributed by atoms with E-state index < -0.39 is 0 Å². The Balaban J connectivity index is 1.66. The standard InChI is InChI=1S/C19H27NO4/c1-3-23-17-9-11-20(12-10-17)19(22)8-5-13-24-18-7-4-6-16(14-18)15(2)21/h4,6-7,14,17H,3,5,8-13H2,1-2H3. The fraction of sp³-hybridized carbons (Fsp3) is 0.579. The molecule has 5 nitrogen and oxygen atoms in total. The summed E-state index contributed by atoms with van der Waals surface area (Å²) in [5, 5.41) is 0. The van der Waals surface area contributed by atoms with Gasteiger partial charge in [0, 0.05) is 31.7 Å². The van der Waals surface area contributed by atoms with Crippen LogP contribution in [0.25, 0.3) is 0 Å². The van der Waals surface area contributed by atoms with Gasteiger partial charge in [-0.25, -0.2) is 0 Å². The van der Waals surface area contributed by atoms with Gasteiger partial charge in [-0.3, -0.25) is 9.59 Å². The largest absolute Gasteiger partial charge is 0.494 e. The van der Waals surface area contributed by atoms with Crippen LogP contribution in [-0.4, -0.2) is 49.0 Å². The van der Waals surface area contributed by atoms with E-state index in [1.807, 2.05) is 17.9 Å². The van der Waals surface area contributed by atoms with Gasteiger partial charge in [-0.1, -0.05) is 12.1 Å². The van der Waals surface area contributed by atoms with E-state index in [1.165, 1.54) is 6.92 Å². The van der Waals surface area contributed by atoms with Crippen molar-refractivity contribution in [1.82, 2.24) is 4.90 Å². The second-order valence-corrected chi connectivity index (χ2v) is 6.07. The van der Waals surface area contributed by atoms with E-state index in [0.29, 0.717) is 36.9 Å². The Morgan fingerprint density at radius 1 is 1.25 bits per heavy atom. The van der Waals surface area contributed by atoms with Crippen molar-refractivity contribution in [2.75, 3.05) is 26.3 Å². The molecule has 0 unspecified atom stereocenters. The summed E-state index contributed by atoms with van der Waals surface area (Å²) in [5.41, 5.74) is 0.640. The number of amides is 1. The predicted octanol–water partition coefficient (Wildman–Crippen LogP) is 3.08. The van der Waals surface area contributed by atoms with E-state index in [2.05, 4.69) is 0 Å². The number of nitrogens with zero attached hydrogens (tertiary/aromatic N) is 1. The van der Waals surface area contributed by atoms with Crippen LogP contribution in [0.2, 0.25) is 0 Å². The first kappa shape index (κ1) is 18.5. The number of rotatable bonds is 8. The molecule has 1 saturated heterocycles. The second kappa shape index (κ2) is 9.42. The highest BCUT2D eigenvalue weighted by atomic mass is 16.5. The van der Waals surface area contributed by atoms with Gasteiger partial charge in [0.1, 0.15) is 5.75 Å². The predicted molar refractivity (Wildman–Crippen MR) is 92.4 cm³/mol. The number of hydrogen-bond acceptors (Lipinski definition) is 4. The van der Waals surface area contributed by atoms with Crippen molar-refractivity contribution in [3.05, 3.63) is 29.8 Å². The number of likely N-dealkylation sites (tertiary alicyclic amines) is 1. The molecule has 0 N–H and O–H groups in total. The Labute approximate surface area is 143 Å². The molecular formula is C19H27NO4. The van der Waals surface area contributed by atoms with Gasteiger partial charge in [0.05, 0.1) is 12.7 Å². The van der Waals surface area contributed by atoms with Gasteiger partial charge in [-0.15, -0.1) is 0 Å². The summed E-state index contributed by atoms with van der Waals surface area (Å²) in [6.07, 6.45) is 3.32. The van der Waals surface area contributed by atoms with E-state index in [-0.39, 0.29) is 11.7 Å². The summed E-state index contributed by atoms with van der Waals surface area (Å²) in [5.74, 6) is 0.879. The lowest BCUT2D eigenvalue weighted by atomic mass is 10.1. The van der Waals surface area contributed by atoms with Crippen LogP contribution in [0.15, 0.2) is 24.3 Å². The smallest absolute Gasteiger partial charge is 0.222 e. The topological polar surface area (TPSA) is 55.8 Å². The first-order valence-corrected chi connectivity index (χ1v) is 8.73. The molecule has 1 amide bonds. The molecular weight excluding hydrogens is 306 g/mol. The van der Waals surface area contributed by atoms with Crippen LogP contribution in [-0.2, 0) is 9.53 Å². The Morgan fingerprint density at radius 3 is 2.67 bits per heavy atom. The van der Waals surface area contributed by atoms with Crippen molar-refractivity contribution in [3.63, 3.8) is 0 Å². The summed E-state index contributed by atoms with van der Waals surface area (Å²) in [4.78, 5) is 25.5. The van der Waals surface area contributed by atoms with Gasteiger partial charge in [-0.2, -0.15) is 0 Å². The van der Waals surface area contributed by atoms with Gasteiger partial charge >= 0.3 is 0 Å². The van der Waals surface area contributed by atoms with Gasteiger partial charge < -0.3 is 14.4 Å². The Bertz CT molecular complexity index is 550. The van der Waals surface area contributed by atoms with Crippen LogP contribution < -0.4 is 4.74 Å². The van der Waals surface area contributed by atoms with Gasteiger partial charge in [0.25, 0.3) is 0 Å². The minimum atomic E-state index is 0.0195. The van der Waals surface area contributed by atoms with Gasteiger partial charge in [-0.05, 0) is 45.2 Å². The third kappa shape index (κ3) is 5.64. The van der Waals surface area contributed by atoms with Crippen LogP contribution in [0.5, 0.6) is 5.75 Å². The Hall–Kier alpha value is -1.88. The number of benzene rings is 1. The summed E-state index contributed by atoms with van der Waals surface area (Å²) in [6, 6.07) is 7.14. The molecule has 0 aliphatic carbocycles. The van der Waals surface area contributed by atoms with E-state index in [4.69, 9.17) is 9.47 Å². The third-order valence-corrected chi connectivity index (χ3v) is 4.24. The molecule has 1 aromatic rings. The summed E-state index contributed by atoms with van der Waals surface area (Å²) in [6.45, 7) is 6.31. The average Bonchev–Trinajstić information content (AvgIpc) is 2.60.